The minimum atomic E-state index is -4.86. The summed E-state index contributed by atoms with van der Waals surface area (Å²) in [5.74, 6) is -1.52. The van der Waals surface area contributed by atoms with E-state index in [0.717, 1.165) is 11.3 Å². The Hall–Kier alpha value is -1.84. The van der Waals surface area contributed by atoms with Crippen molar-refractivity contribution in [3.63, 3.8) is 0 Å². The van der Waals surface area contributed by atoms with Gasteiger partial charge in [-0.1, -0.05) is 5.16 Å². The number of anilines is 1. The van der Waals surface area contributed by atoms with E-state index in [1.165, 1.54) is 19.4 Å². The van der Waals surface area contributed by atoms with E-state index >= 15 is 0 Å². The van der Waals surface area contributed by atoms with E-state index in [4.69, 9.17) is 16.2 Å². The highest BCUT2D eigenvalue weighted by Crippen LogP contribution is 2.31. The van der Waals surface area contributed by atoms with Gasteiger partial charge in [0.05, 0.1) is 0 Å². The van der Waals surface area contributed by atoms with E-state index in [1.807, 2.05) is 0 Å². The summed E-state index contributed by atoms with van der Waals surface area (Å²) in [7, 11) is -3.65. The first kappa shape index (κ1) is 21.5. The van der Waals surface area contributed by atoms with Crippen LogP contribution in [0.5, 0.6) is 0 Å². The van der Waals surface area contributed by atoms with Gasteiger partial charge in [0.15, 0.2) is 10.8 Å². The molecule has 0 saturated carbocycles. The van der Waals surface area contributed by atoms with Crippen LogP contribution in [0.1, 0.15) is 12.6 Å². The minimum absolute atomic E-state index is 0.0915. The predicted molar refractivity (Wildman–Crippen MR) is 96.4 cm³/mol. The van der Waals surface area contributed by atoms with Crippen molar-refractivity contribution in [1.29, 1.82) is 0 Å². The number of nitrogens with zero attached hydrogens (tertiary/aromatic N) is 3. The number of carbonyl (C=O) groups excluding carboxylic acids is 2. The molecule has 15 heteroatoms. The van der Waals surface area contributed by atoms with Crippen LogP contribution in [0, 0.1) is 5.21 Å². The van der Waals surface area contributed by atoms with Gasteiger partial charge >= 0.3 is 10.3 Å². The highest BCUT2D eigenvalue weighted by molar-refractivity contribution is 7.80. The van der Waals surface area contributed by atoms with E-state index in [9.17, 15) is 23.2 Å². The fourth-order valence-corrected chi connectivity index (χ4v) is 4.02. The molecule has 3 atom stereocenters. The molecule has 1 fully saturated rings. The Morgan fingerprint density at radius 1 is 1.59 bits per heavy atom. The molecule has 12 nitrogen and oxygen atoms in total. The average molecular weight is 442 g/mol. The van der Waals surface area contributed by atoms with Crippen LogP contribution in [0.15, 0.2) is 10.5 Å². The van der Waals surface area contributed by atoms with Gasteiger partial charge in [0.2, 0.25) is 5.91 Å². The molecule has 2 rings (SSSR count). The Labute approximate surface area is 163 Å². The summed E-state index contributed by atoms with van der Waals surface area (Å²) in [6.45, 7) is 0.727. The van der Waals surface area contributed by atoms with Crippen LogP contribution >= 0.6 is 22.9 Å². The monoisotopic (exact) mass is 441 g/mol. The summed E-state index contributed by atoms with van der Waals surface area (Å²) >= 11 is 6.41. The first-order valence-corrected chi connectivity index (χ1v) is 10.1. The Bertz CT molecular complexity index is 873. The molecule has 0 bridgehead atoms. The number of thiazole rings is 1. The van der Waals surface area contributed by atoms with E-state index in [2.05, 4.69) is 25.6 Å². The maximum absolute atomic E-state index is 12.4. The number of nitrogens with one attached hydrogen (secondary N) is 2. The molecular formula is C12H16ClN5O7S2. The van der Waals surface area contributed by atoms with E-state index in [-0.39, 0.29) is 22.4 Å². The molecule has 3 unspecified atom stereocenters. The standard InChI is InChI=1S/C12H16ClN5O7S2/c1-6-7(4-18(6,21)27(22,23)24)14-11(20)10(17-25-2)8-5-26-12(15-8)16-9(19)3-13/h5-7H,3-4H2,1-2H3,(H,14,20)(H,15,16,19)(H,22,23,24). The van der Waals surface area contributed by atoms with Crippen LogP contribution < -0.4 is 10.6 Å². The number of hydrogen-bond donors (Lipinski definition) is 3. The third-order valence-electron chi connectivity index (χ3n) is 3.87. The molecule has 0 aliphatic carbocycles. The molecular weight excluding hydrogens is 426 g/mol. The lowest BCUT2D eigenvalue weighted by atomic mass is 10.0. The first-order valence-electron chi connectivity index (χ1n) is 7.33. The quantitative estimate of drug-likeness (QED) is 0.129. The largest absolute Gasteiger partial charge is 0.615 e. The molecule has 2 heterocycles. The second-order valence-electron chi connectivity index (χ2n) is 5.52. The van der Waals surface area contributed by atoms with Gasteiger partial charge in [0.1, 0.15) is 37.3 Å². The normalized spacial score (nSPS) is 25.4. The van der Waals surface area contributed by atoms with Crippen molar-refractivity contribution in [3.8, 4) is 0 Å². The van der Waals surface area contributed by atoms with Gasteiger partial charge < -0.3 is 20.7 Å². The third kappa shape index (κ3) is 4.36. The van der Waals surface area contributed by atoms with Crippen LogP contribution in [0.3, 0.4) is 0 Å². The van der Waals surface area contributed by atoms with Crippen molar-refractivity contribution < 1.29 is 31.4 Å². The van der Waals surface area contributed by atoms with Crippen molar-refractivity contribution in [2.45, 2.75) is 19.0 Å². The summed E-state index contributed by atoms with van der Waals surface area (Å²) in [6, 6.07) is -1.94. The third-order valence-corrected chi connectivity index (χ3v) is 6.14. The maximum Gasteiger partial charge on any atom is 0.433 e. The topological polar surface area (TPSA) is 170 Å². The van der Waals surface area contributed by atoms with E-state index in [1.54, 1.807) is 0 Å². The lowest BCUT2D eigenvalue weighted by molar-refractivity contribution is -0.835. The van der Waals surface area contributed by atoms with Gasteiger partial charge in [0.25, 0.3) is 5.91 Å². The minimum Gasteiger partial charge on any atom is -0.615 e. The fraction of sp³-hybridized carbons (Fsp3) is 0.500. The second kappa shape index (κ2) is 8.04. The number of hydroxylamine groups is 2. The van der Waals surface area contributed by atoms with Crippen molar-refractivity contribution in [3.05, 3.63) is 16.3 Å². The highest BCUT2D eigenvalue weighted by atomic mass is 35.5. The van der Waals surface area contributed by atoms with Crippen molar-refractivity contribution in [2.75, 3.05) is 24.9 Å². The maximum atomic E-state index is 12.4. The lowest BCUT2D eigenvalue weighted by Crippen LogP contribution is -2.75. The van der Waals surface area contributed by atoms with E-state index in [0.29, 0.717) is 0 Å². The number of carbonyl (C=O) groups is 2. The summed E-state index contributed by atoms with van der Waals surface area (Å²) in [5, 5.41) is 22.1. The molecule has 150 valence electrons. The molecule has 1 aromatic heterocycles. The number of alkyl halides is 1. The zero-order chi connectivity index (χ0) is 20.4. The predicted octanol–water partition coefficient (Wildman–Crippen LogP) is -0.325. The molecule has 0 radical (unpaired) electrons. The molecule has 1 aliphatic rings. The zero-order valence-electron chi connectivity index (χ0n) is 14.1. The Morgan fingerprint density at radius 2 is 2.26 bits per heavy atom. The van der Waals surface area contributed by atoms with Crippen LogP contribution in [0.2, 0.25) is 0 Å². The van der Waals surface area contributed by atoms with Gasteiger partial charge in [0, 0.05) is 5.38 Å². The molecule has 1 aromatic rings. The number of oxime groups is 1. The Morgan fingerprint density at radius 3 is 2.78 bits per heavy atom. The van der Waals surface area contributed by atoms with Crippen molar-refractivity contribution >= 4 is 55.9 Å². The summed E-state index contributed by atoms with van der Waals surface area (Å²) < 4.78 is 29.5. The highest BCUT2D eigenvalue weighted by Gasteiger charge is 2.54. The van der Waals surface area contributed by atoms with Gasteiger partial charge in [-0.25, -0.2) is 13.6 Å². The second-order valence-corrected chi connectivity index (χ2v) is 8.16. The summed E-state index contributed by atoms with van der Waals surface area (Å²) in [6.07, 6.45) is 0. The molecule has 0 spiro atoms. The van der Waals surface area contributed by atoms with Crippen molar-refractivity contribution in [2.24, 2.45) is 5.16 Å². The van der Waals surface area contributed by atoms with Crippen molar-refractivity contribution in [1.82, 2.24) is 10.3 Å². The van der Waals surface area contributed by atoms with Gasteiger partial charge in [-0.15, -0.1) is 31.4 Å². The summed E-state index contributed by atoms with van der Waals surface area (Å²) in [4.78, 5) is 32.4. The fourth-order valence-electron chi connectivity index (χ4n) is 2.32. The van der Waals surface area contributed by atoms with Gasteiger partial charge in [-0.2, -0.15) is 0 Å². The number of amides is 2. The number of hydrogen-bond acceptors (Lipinski definition) is 9. The molecule has 2 amide bonds. The first-order chi connectivity index (χ1) is 12.5. The van der Waals surface area contributed by atoms with E-state index < -0.39 is 44.8 Å². The SMILES string of the molecule is CON=C(C(=O)NC1C[N+]([O-])(S(=O)(=O)O)C1C)c1csc(NC(=O)CCl)n1. The molecule has 27 heavy (non-hydrogen) atoms. The van der Waals surface area contributed by atoms with Crippen LogP contribution in [-0.2, 0) is 24.7 Å². The summed E-state index contributed by atoms with van der Waals surface area (Å²) in [5.41, 5.74) is -0.149. The zero-order valence-corrected chi connectivity index (χ0v) is 16.5. The van der Waals surface area contributed by atoms with Crippen LogP contribution in [0.4, 0.5) is 5.13 Å². The number of aromatic nitrogens is 1. The average Bonchev–Trinajstić information content (AvgIpc) is 3.05. The van der Waals surface area contributed by atoms with Gasteiger partial charge in [-0.3, -0.25) is 9.59 Å². The number of quaternary nitrogens is 1. The Kier molecular flexibility index (Phi) is 6.39. The van der Waals surface area contributed by atoms with Crippen LogP contribution in [0.25, 0.3) is 0 Å². The molecule has 1 aliphatic heterocycles. The smallest absolute Gasteiger partial charge is 0.433 e. The Balaban J connectivity index is 2.11. The molecule has 1 saturated heterocycles. The lowest BCUT2D eigenvalue weighted by Gasteiger charge is -2.54. The number of rotatable bonds is 7. The van der Waals surface area contributed by atoms with Crippen LogP contribution in [-0.4, -0.2) is 71.2 Å². The molecule has 0 aromatic carbocycles. The molecule has 3 N–H and O–H groups in total. The number of halogens is 1. The van der Waals surface area contributed by atoms with Gasteiger partial charge in [-0.05, 0) is 6.92 Å².